The Morgan fingerprint density at radius 1 is 1.29 bits per heavy atom. The van der Waals surface area contributed by atoms with Crippen molar-refractivity contribution in [3.8, 4) is 5.75 Å². The first kappa shape index (κ1) is 11.5. The van der Waals surface area contributed by atoms with E-state index in [0.29, 0.717) is 17.4 Å². The summed E-state index contributed by atoms with van der Waals surface area (Å²) in [5.41, 5.74) is 7.71. The molecule has 0 aliphatic heterocycles. The van der Waals surface area contributed by atoms with E-state index in [1.54, 1.807) is 24.4 Å². The molecule has 0 radical (unpaired) electrons. The summed E-state index contributed by atoms with van der Waals surface area (Å²) in [4.78, 5) is 3.89. The molecule has 0 unspecified atom stereocenters. The maximum atomic E-state index is 9.46. The number of hydrogen-bond acceptors (Lipinski definition) is 4. The minimum atomic E-state index is 0.0945. The molecule has 0 bridgehead atoms. The number of benzene rings is 1. The van der Waals surface area contributed by atoms with E-state index >= 15 is 0 Å². The Morgan fingerprint density at radius 2 is 2.12 bits per heavy atom. The number of aromatic nitrogens is 1. The molecule has 5 heteroatoms. The third-order valence-corrected chi connectivity index (χ3v) is 2.52. The quantitative estimate of drug-likeness (QED) is 0.444. The predicted molar refractivity (Wildman–Crippen MR) is 69.1 cm³/mol. The molecule has 0 aliphatic carbocycles. The Hall–Kier alpha value is -1.94. The van der Waals surface area contributed by atoms with Crippen LogP contribution in [-0.2, 0) is 6.54 Å². The monoisotopic (exact) mass is 249 g/mol. The van der Waals surface area contributed by atoms with Gasteiger partial charge in [0.2, 0.25) is 0 Å². The molecule has 0 fully saturated rings. The molecule has 4 N–H and O–H groups in total. The first-order chi connectivity index (χ1) is 8.15. The largest absolute Gasteiger partial charge is 0.506 e. The fourth-order valence-electron chi connectivity index (χ4n) is 1.42. The maximum absolute atomic E-state index is 9.46. The van der Waals surface area contributed by atoms with E-state index in [2.05, 4.69) is 10.3 Å². The molecule has 4 nitrogen and oxygen atoms in total. The molecule has 2 aromatic rings. The lowest BCUT2D eigenvalue weighted by molar-refractivity contribution is 0.477. The molecule has 17 heavy (non-hydrogen) atoms. The van der Waals surface area contributed by atoms with Gasteiger partial charge in [0.05, 0.1) is 5.69 Å². The highest BCUT2D eigenvalue weighted by Crippen LogP contribution is 2.21. The fraction of sp³-hybridized carbons (Fsp3) is 0.0833. The number of nitrogens with one attached hydrogen (secondary N) is 1. The SMILES string of the molecule is Nc1ccc(CNc2ccnc(Cl)c2)cc1O. The van der Waals surface area contributed by atoms with Crippen LogP contribution in [0.3, 0.4) is 0 Å². The maximum Gasteiger partial charge on any atom is 0.138 e. The van der Waals surface area contributed by atoms with Crippen LogP contribution in [-0.4, -0.2) is 10.1 Å². The van der Waals surface area contributed by atoms with Gasteiger partial charge in [0.25, 0.3) is 0 Å². The molecular formula is C12H12ClN3O. The van der Waals surface area contributed by atoms with Crippen molar-refractivity contribution in [3.63, 3.8) is 0 Å². The average Bonchev–Trinajstić information content (AvgIpc) is 2.31. The molecule has 1 heterocycles. The standard InChI is InChI=1S/C12H12ClN3O/c13-12-6-9(3-4-15-12)16-7-8-1-2-10(14)11(17)5-8/h1-6,17H,7,14H2,(H,15,16). The van der Waals surface area contributed by atoms with E-state index in [1.807, 2.05) is 12.1 Å². The van der Waals surface area contributed by atoms with Crippen LogP contribution in [0.2, 0.25) is 5.15 Å². The Kier molecular flexibility index (Phi) is 3.35. The molecule has 0 aliphatic rings. The van der Waals surface area contributed by atoms with Crippen molar-refractivity contribution in [2.45, 2.75) is 6.54 Å². The van der Waals surface area contributed by atoms with Gasteiger partial charge in [-0.2, -0.15) is 0 Å². The normalized spacial score (nSPS) is 10.2. The number of halogens is 1. The smallest absolute Gasteiger partial charge is 0.138 e. The molecule has 0 amide bonds. The summed E-state index contributed by atoms with van der Waals surface area (Å²) in [6.07, 6.45) is 1.63. The van der Waals surface area contributed by atoms with Gasteiger partial charge >= 0.3 is 0 Å². The van der Waals surface area contributed by atoms with Gasteiger partial charge in [-0.05, 0) is 29.8 Å². The summed E-state index contributed by atoms with van der Waals surface area (Å²) in [5.74, 6) is 0.0945. The average molecular weight is 250 g/mol. The lowest BCUT2D eigenvalue weighted by Gasteiger charge is -2.07. The van der Waals surface area contributed by atoms with Crippen molar-refractivity contribution < 1.29 is 5.11 Å². The lowest BCUT2D eigenvalue weighted by Crippen LogP contribution is -2.00. The number of nitrogens with two attached hydrogens (primary N) is 1. The lowest BCUT2D eigenvalue weighted by atomic mass is 10.2. The first-order valence-corrected chi connectivity index (χ1v) is 5.46. The molecule has 1 aromatic heterocycles. The van der Waals surface area contributed by atoms with Crippen LogP contribution in [0, 0.1) is 0 Å². The van der Waals surface area contributed by atoms with Crippen LogP contribution in [0.1, 0.15) is 5.56 Å². The van der Waals surface area contributed by atoms with Gasteiger partial charge in [0.15, 0.2) is 0 Å². The minimum Gasteiger partial charge on any atom is -0.506 e. The number of pyridine rings is 1. The zero-order valence-electron chi connectivity index (χ0n) is 9.02. The van der Waals surface area contributed by atoms with E-state index < -0.39 is 0 Å². The second kappa shape index (κ2) is 4.93. The number of anilines is 2. The van der Waals surface area contributed by atoms with Crippen LogP contribution in [0.5, 0.6) is 5.75 Å². The summed E-state index contributed by atoms with van der Waals surface area (Å²) >= 11 is 5.76. The number of nitrogen functional groups attached to an aromatic ring is 1. The zero-order valence-corrected chi connectivity index (χ0v) is 9.78. The van der Waals surface area contributed by atoms with E-state index in [0.717, 1.165) is 11.3 Å². The van der Waals surface area contributed by atoms with Crippen LogP contribution in [0.4, 0.5) is 11.4 Å². The van der Waals surface area contributed by atoms with Crippen molar-refractivity contribution in [1.29, 1.82) is 0 Å². The van der Waals surface area contributed by atoms with Gasteiger partial charge in [-0.15, -0.1) is 0 Å². The van der Waals surface area contributed by atoms with Crippen molar-refractivity contribution in [1.82, 2.24) is 4.98 Å². The van der Waals surface area contributed by atoms with Gasteiger partial charge in [-0.1, -0.05) is 17.7 Å². The molecule has 0 spiro atoms. The van der Waals surface area contributed by atoms with Crippen LogP contribution in [0.25, 0.3) is 0 Å². The number of rotatable bonds is 3. The third-order valence-electron chi connectivity index (χ3n) is 2.32. The molecule has 2 rings (SSSR count). The van der Waals surface area contributed by atoms with Crippen LogP contribution >= 0.6 is 11.6 Å². The highest BCUT2D eigenvalue weighted by atomic mass is 35.5. The molecule has 0 saturated carbocycles. The van der Waals surface area contributed by atoms with Gasteiger partial charge in [0, 0.05) is 18.4 Å². The van der Waals surface area contributed by atoms with E-state index in [4.69, 9.17) is 17.3 Å². The van der Waals surface area contributed by atoms with Crippen molar-refractivity contribution in [3.05, 3.63) is 47.2 Å². The third kappa shape index (κ3) is 3.01. The van der Waals surface area contributed by atoms with Crippen molar-refractivity contribution in [2.75, 3.05) is 11.1 Å². The number of hydrogen-bond donors (Lipinski definition) is 3. The second-order valence-electron chi connectivity index (χ2n) is 3.61. The molecular weight excluding hydrogens is 238 g/mol. The van der Waals surface area contributed by atoms with Gasteiger partial charge < -0.3 is 16.2 Å². The summed E-state index contributed by atoms with van der Waals surface area (Å²) in [6, 6.07) is 8.71. The number of phenolic OH excluding ortho intramolecular Hbond substituents is 1. The van der Waals surface area contributed by atoms with E-state index in [1.165, 1.54) is 0 Å². The Bertz CT molecular complexity index is 531. The molecule has 0 atom stereocenters. The van der Waals surface area contributed by atoms with Gasteiger partial charge in [-0.3, -0.25) is 0 Å². The van der Waals surface area contributed by atoms with E-state index in [-0.39, 0.29) is 5.75 Å². The molecule has 1 aromatic carbocycles. The molecule has 0 saturated heterocycles. The topological polar surface area (TPSA) is 71.2 Å². The highest BCUT2D eigenvalue weighted by Gasteiger charge is 1.99. The van der Waals surface area contributed by atoms with Crippen molar-refractivity contribution >= 4 is 23.0 Å². The summed E-state index contributed by atoms with van der Waals surface area (Å²) in [7, 11) is 0. The Labute approximate surface area is 104 Å². The Morgan fingerprint density at radius 3 is 2.82 bits per heavy atom. The number of phenols is 1. The predicted octanol–water partition coefficient (Wildman–Crippen LogP) is 2.63. The van der Waals surface area contributed by atoms with Gasteiger partial charge in [-0.25, -0.2) is 4.98 Å². The summed E-state index contributed by atoms with van der Waals surface area (Å²) < 4.78 is 0. The highest BCUT2D eigenvalue weighted by molar-refractivity contribution is 6.29. The minimum absolute atomic E-state index is 0.0945. The number of nitrogens with zero attached hydrogens (tertiary/aromatic N) is 1. The molecule has 88 valence electrons. The van der Waals surface area contributed by atoms with Gasteiger partial charge in [0.1, 0.15) is 10.9 Å². The van der Waals surface area contributed by atoms with Crippen molar-refractivity contribution in [2.24, 2.45) is 0 Å². The number of aromatic hydroxyl groups is 1. The zero-order chi connectivity index (χ0) is 12.3. The summed E-state index contributed by atoms with van der Waals surface area (Å²) in [5, 5.41) is 13.1. The fourth-order valence-corrected chi connectivity index (χ4v) is 1.59. The van der Waals surface area contributed by atoms with E-state index in [9.17, 15) is 5.11 Å². The first-order valence-electron chi connectivity index (χ1n) is 5.08. The Balaban J connectivity index is 2.05. The summed E-state index contributed by atoms with van der Waals surface area (Å²) in [6.45, 7) is 0.578. The second-order valence-corrected chi connectivity index (χ2v) is 4.00. The van der Waals surface area contributed by atoms with Crippen LogP contribution < -0.4 is 11.1 Å². The van der Waals surface area contributed by atoms with Crippen LogP contribution in [0.15, 0.2) is 36.5 Å².